The second-order valence-corrected chi connectivity index (χ2v) is 7.17. The molecular weight excluding hydrogens is 258 g/mol. The van der Waals surface area contributed by atoms with E-state index in [4.69, 9.17) is 0 Å². The van der Waals surface area contributed by atoms with Gasteiger partial charge in [0.15, 0.2) is 0 Å². The van der Waals surface area contributed by atoms with E-state index < -0.39 is 10.0 Å². The second kappa shape index (κ2) is 5.43. The lowest BCUT2D eigenvalue weighted by Crippen LogP contribution is -2.36. The molecule has 0 aromatic carbocycles. The zero-order valence-electron chi connectivity index (χ0n) is 9.80. The van der Waals surface area contributed by atoms with Gasteiger partial charge in [-0.15, -0.1) is 11.3 Å². The van der Waals surface area contributed by atoms with E-state index in [0.29, 0.717) is 19.5 Å². The van der Waals surface area contributed by atoms with Gasteiger partial charge in [-0.2, -0.15) is 0 Å². The number of rotatable bonds is 5. The van der Waals surface area contributed by atoms with Gasteiger partial charge in [0.1, 0.15) is 0 Å². The smallest absolute Gasteiger partial charge is 0.215 e. The first-order valence-corrected chi connectivity index (χ1v) is 8.12. The summed E-state index contributed by atoms with van der Waals surface area (Å²) in [5.41, 5.74) is 1.80. The van der Waals surface area contributed by atoms with Crippen molar-refractivity contribution in [2.45, 2.75) is 25.1 Å². The van der Waals surface area contributed by atoms with Crippen molar-refractivity contribution in [2.75, 3.05) is 19.6 Å². The molecule has 1 aromatic heterocycles. The Balaban J connectivity index is 1.91. The molecule has 0 amide bonds. The van der Waals surface area contributed by atoms with Crippen LogP contribution in [0.25, 0.3) is 0 Å². The molecule has 17 heavy (non-hydrogen) atoms. The lowest BCUT2D eigenvalue weighted by Gasteiger charge is -2.15. The number of sulfonamides is 1. The molecule has 0 aliphatic carbocycles. The Labute approximate surface area is 106 Å². The third-order valence-corrected chi connectivity index (χ3v) is 5.59. The van der Waals surface area contributed by atoms with Crippen molar-refractivity contribution in [2.24, 2.45) is 0 Å². The van der Waals surface area contributed by atoms with Gasteiger partial charge in [-0.05, 0) is 13.0 Å². The van der Waals surface area contributed by atoms with Gasteiger partial charge < -0.3 is 0 Å². The molecule has 0 spiro atoms. The fraction of sp³-hybridized carbons (Fsp3) is 0.700. The standard InChI is InChI=1S/C10H17N3O2S2/c1-2-12-17(14,15)10-3-4-13(7-10)6-9-5-11-8-16-9/h5,8,10,12H,2-4,6-7H2,1H3. The monoisotopic (exact) mass is 275 g/mol. The van der Waals surface area contributed by atoms with E-state index in [0.717, 1.165) is 13.1 Å². The molecule has 1 aliphatic heterocycles. The van der Waals surface area contributed by atoms with Gasteiger partial charge in [-0.3, -0.25) is 9.88 Å². The molecule has 7 heteroatoms. The second-order valence-electron chi connectivity index (χ2n) is 4.16. The van der Waals surface area contributed by atoms with Gasteiger partial charge in [0.05, 0.1) is 10.8 Å². The van der Waals surface area contributed by atoms with Gasteiger partial charge in [0, 0.05) is 30.7 Å². The van der Waals surface area contributed by atoms with Crippen molar-refractivity contribution >= 4 is 21.4 Å². The van der Waals surface area contributed by atoms with Crippen LogP contribution in [-0.2, 0) is 16.6 Å². The van der Waals surface area contributed by atoms with Crippen LogP contribution in [-0.4, -0.2) is 43.2 Å². The predicted octanol–water partition coefficient (Wildman–Crippen LogP) is 0.657. The van der Waals surface area contributed by atoms with E-state index in [9.17, 15) is 8.42 Å². The highest BCUT2D eigenvalue weighted by molar-refractivity contribution is 7.90. The minimum atomic E-state index is -3.13. The number of nitrogens with zero attached hydrogens (tertiary/aromatic N) is 2. The van der Waals surface area contributed by atoms with Crippen LogP contribution in [0.3, 0.4) is 0 Å². The van der Waals surface area contributed by atoms with Crippen LogP contribution >= 0.6 is 11.3 Å². The summed E-state index contributed by atoms with van der Waals surface area (Å²) in [5.74, 6) is 0. The summed E-state index contributed by atoms with van der Waals surface area (Å²) in [6.45, 7) is 4.54. The van der Waals surface area contributed by atoms with E-state index in [1.807, 2.05) is 13.1 Å². The first kappa shape index (κ1) is 12.9. The molecule has 2 heterocycles. The Morgan fingerprint density at radius 1 is 1.65 bits per heavy atom. The number of thiazole rings is 1. The van der Waals surface area contributed by atoms with E-state index in [-0.39, 0.29) is 5.25 Å². The highest BCUT2D eigenvalue weighted by Crippen LogP contribution is 2.19. The predicted molar refractivity (Wildman–Crippen MR) is 68.4 cm³/mol. The molecule has 1 N–H and O–H groups in total. The minimum absolute atomic E-state index is 0.268. The maximum atomic E-state index is 11.8. The summed E-state index contributed by atoms with van der Waals surface area (Å²) < 4.78 is 26.2. The maximum absolute atomic E-state index is 11.8. The molecule has 1 saturated heterocycles. The van der Waals surface area contributed by atoms with Gasteiger partial charge in [0.25, 0.3) is 0 Å². The maximum Gasteiger partial charge on any atom is 0.215 e. The van der Waals surface area contributed by atoms with E-state index in [1.165, 1.54) is 4.88 Å². The fourth-order valence-electron chi connectivity index (χ4n) is 2.05. The molecule has 1 fully saturated rings. The molecule has 96 valence electrons. The molecule has 0 saturated carbocycles. The quantitative estimate of drug-likeness (QED) is 0.857. The van der Waals surface area contributed by atoms with Crippen LogP contribution in [0.1, 0.15) is 18.2 Å². The molecule has 1 atom stereocenters. The largest absolute Gasteiger partial charge is 0.297 e. The van der Waals surface area contributed by atoms with Crippen LogP contribution in [0.4, 0.5) is 0 Å². The summed E-state index contributed by atoms with van der Waals surface area (Å²) in [7, 11) is -3.13. The molecule has 0 bridgehead atoms. The van der Waals surface area contributed by atoms with Crippen LogP contribution < -0.4 is 4.72 Å². The third-order valence-electron chi connectivity index (χ3n) is 2.88. The average molecular weight is 275 g/mol. The van der Waals surface area contributed by atoms with Gasteiger partial charge >= 0.3 is 0 Å². The van der Waals surface area contributed by atoms with E-state index >= 15 is 0 Å². The first-order valence-electron chi connectivity index (χ1n) is 5.70. The Morgan fingerprint density at radius 2 is 2.47 bits per heavy atom. The topological polar surface area (TPSA) is 62.3 Å². The van der Waals surface area contributed by atoms with Crippen molar-refractivity contribution in [3.63, 3.8) is 0 Å². The molecule has 1 aromatic rings. The normalized spacial score (nSPS) is 22.1. The summed E-state index contributed by atoms with van der Waals surface area (Å²) in [4.78, 5) is 7.38. The molecule has 1 aliphatic rings. The van der Waals surface area contributed by atoms with Crippen molar-refractivity contribution < 1.29 is 8.42 Å². The number of hydrogen-bond acceptors (Lipinski definition) is 5. The van der Waals surface area contributed by atoms with Gasteiger partial charge in [0.2, 0.25) is 10.0 Å². The van der Waals surface area contributed by atoms with Crippen LogP contribution in [0, 0.1) is 0 Å². The Morgan fingerprint density at radius 3 is 3.12 bits per heavy atom. The van der Waals surface area contributed by atoms with Crippen molar-refractivity contribution in [1.29, 1.82) is 0 Å². The summed E-state index contributed by atoms with van der Waals surface area (Å²) in [6, 6.07) is 0. The lowest BCUT2D eigenvalue weighted by molar-refractivity contribution is 0.334. The number of nitrogens with one attached hydrogen (secondary N) is 1. The summed E-state index contributed by atoms with van der Waals surface area (Å²) in [6.07, 6.45) is 2.56. The summed E-state index contributed by atoms with van der Waals surface area (Å²) >= 11 is 1.61. The zero-order valence-corrected chi connectivity index (χ0v) is 11.4. The summed E-state index contributed by atoms with van der Waals surface area (Å²) in [5, 5.41) is -0.268. The molecule has 5 nitrogen and oxygen atoms in total. The van der Waals surface area contributed by atoms with Crippen molar-refractivity contribution in [3.05, 3.63) is 16.6 Å². The van der Waals surface area contributed by atoms with Crippen LogP contribution in [0.5, 0.6) is 0 Å². The highest BCUT2D eigenvalue weighted by atomic mass is 32.2. The number of likely N-dealkylation sites (tertiary alicyclic amines) is 1. The lowest BCUT2D eigenvalue weighted by atomic mass is 10.4. The van der Waals surface area contributed by atoms with Gasteiger partial charge in [-0.1, -0.05) is 6.92 Å². The van der Waals surface area contributed by atoms with Gasteiger partial charge in [-0.25, -0.2) is 13.1 Å². The van der Waals surface area contributed by atoms with Crippen molar-refractivity contribution in [3.8, 4) is 0 Å². The van der Waals surface area contributed by atoms with Crippen LogP contribution in [0.2, 0.25) is 0 Å². The van der Waals surface area contributed by atoms with Crippen LogP contribution in [0.15, 0.2) is 11.7 Å². The number of hydrogen-bond donors (Lipinski definition) is 1. The average Bonchev–Trinajstić information content (AvgIpc) is 2.89. The molecule has 0 radical (unpaired) electrons. The Kier molecular flexibility index (Phi) is 4.13. The Bertz CT molecular complexity index is 444. The zero-order chi connectivity index (χ0) is 12.3. The first-order chi connectivity index (χ1) is 8.12. The van der Waals surface area contributed by atoms with E-state index in [2.05, 4.69) is 14.6 Å². The number of aromatic nitrogens is 1. The highest BCUT2D eigenvalue weighted by Gasteiger charge is 2.32. The van der Waals surface area contributed by atoms with Crippen molar-refractivity contribution in [1.82, 2.24) is 14.6 Å². The fourth-order valence-corrected chi connectivity index (χ4v) is 4.15. The SMILES string of the molecule is CCNS(=O)(=O)C1CCN(Cc2cncs2)C1. The third kappa shape index (κ3) is 3.25. The minimum Gasteiger partial charge on any atom is -0.297 e. The molecular formula is C10H17N3O2S2. The molecule has 1 unspecified atom stereocenters. The Hall–Kier alpha value is -0.500. The van der Waals surface area contributed by atoms with E-state index in [1.54, 1.807) is 16.8 Å². The molecule has 2 rings (SSSR count).